The Kier molecular flexibility index (Phi) is 6.91. The smallest absolute Gasteiger partial charge is 0.223 e. The predicted molar refractivity (Wildman–Crippen MR) is 108 cm³/mol. The largest absolute Gasteiger partial charge is 0.469 e. The Balaban J connectivity index is 1.43. The fraction of sp³-hybridized carbons (Fsp3) is 0.476. The molecule has 0 aliphatic carbocycles. The quantitative estimate of drug-likeness (QED) is 0.686. The Morgan fingerprint density at radius 2 is 1.93 bits per heavy atom. The van der Waals surface area contributed by atoms with Crippen molar-refractivity contribution in [3.8, 4) is 0 Å². The van der Waals surface area contributed by atoms with Gasteiger partial charge in [-0.1, -0.05) is 24.3 Å². The van der Waals surface area contributed by atoms with Crippen molar-refractivity contribution < 1.29 is 17.6 Å². The molecule has 28 heavy (non-hydrogen) atoms. The topological polar surface area (TPSA) is 79.6 Å². The van der Waals surface area contributed by atoms with Crippen molar-refractivity contribution in [2.24, 2.45) is 5.92 Å². The van der Waals surface area contributed by atoms with Crippen molar-refractivity contribution in [3.63, 3.8) is 0 Å². The van der Waals surface area contributed by atoms with Gasteiger partial charge in [0.1, 0.15) is 5.76 Å². The molecule has 1 aromatic heterocycles. The number of sulfonamides is 1. The van der Waals surface area contributed by atoms with Crippen molar-refractivity contribution in [2.75, 3.05) is 19.6 Å². The van der Waals surface area contributed by atoms with Gasteiger partial charge < -0.3 is 9.73 Å². The van der Waals surface area contributed by atoms with Gasteiger partial charge in [0.05, 0.1) is 12.0 Å². The summed E-state index contributed by atoms with van der Waals surface area (Å²) >= 11 is 0. The van der Waals surface area contributed by atoms with Gasteiger partial charge >= 0.3 is 0 Å². The van der Waals surface area contributed by atoms with Crippen LogP contribution in [-0.4, -0.2) is 38.3 Å². The number of hydrogen-bond donors (Lipinski definition) is 1. The first-order valence-electron chi connectivity index (χ1n) is 9.78. The van der Waals surface area contributed by atoms with E-state index in [0.29, 0.717) is 32.5 Å². The van der Waals surface area contributed by atoms with Crippen LogP contribution < -0.4 is 5.32 Å². The summed E-state index contributed by atoms with van der Waals surface area (Å²) in [7, 11) is -3.36. The van der Waals surface area contributed by atoms with Crippen LogP contribution in [0.5, 0.6) is 0 Å². The van der Waals surface area contributed by atoms with Crippen LogP contribution in [0.1, 0.15) is 36.1 Å². The molecule has 0 unspecified atom stereocenters. The maximum atomic E-state index is 12.7. The molecular weight excluding hydrogens is 376 g/mol. The van der Waals surface area contributed by atoms with Crippen molar-refractivity contribution in [2.45, 2.75) is 38.4 Å². The molecule has 1 saturated heterocycles. The molecule has 0 radical (unpaired) electrons. The van der Waals surface area contributed by atoms with E-state index in [0.717, 1.165) is 29.7 Å². The minimum atomic E-state index is -3.36. The zero-order valence-electron chi connectivity index (χ0n) is 16.3. The highest BCUT2D eigenvalue weighted by Gasteiger charge is 2.31. The lowest BCUT2D eigenvalue weighted by Gasteiger charge is -2.30. The average molecular weight is 405 g/mol. The molecule has 1 fully saturated rings. The molecule has 6 nitrogen and oxygen atoms in total. The first-order valence-corrected chi connectivity index (χ1v) is 11.4. The summed E-state index contributed by atoms with van der Waals surface area (Å²) in [6.45, 7) is 3.33. The zero-order chi connectivity index (χ0) is 20.0. The van der Waals surface area contributed by atoms with Crippen LogP contribution in [0.2, 0.25) is 0 Å². The lowest BCUT2D eigenvalue weighted by molar-refractivity contribution is -0.126. The number of nitrogens with one attached hydrogen (secondary N) is 1. The summed E-state index contributed by atoms with van der Waals surface area (Å²) in [5, 5.41) is 2.97. The standard InChI is InChI=1S/C21H28N2O4S/c1-17-6-2-3-7-19(17)16-28(25,26)23-13-10-18(11-14-23)21(24)22-12-4-8-20-9-5-15-27-20/h2-3,5-7,9,15,18H,4,8,10-14,16H2,1H3,(H,22,24). The molecule has 1 aromatic carbocycles. The van der Waals surface area contributed by atoms with Crippen LogP contribution in [0.15, 0.2) is 47.1 Å². The van der Waals surface area contributed by atoms with E-state index in [1.54, 1.807) is 6.26 Å². The van der Waals surface area contributed by atoms with Gasteiger partial charge in [-0.3, -0.25) is 4.79 Å². The third-order valence-corrected chi connectivity index (χ3v) is 7.12. The number of rotatable bonds is 8. The SMILES string of the molecule is Cc1ccccc1CS(=O)(=O)N1CCC(C(=O)NCCCc2ccco2)CC1. The van der Waals surface area contributed by atoms with Gasteiger partial charge in [0.15, 0.2) is 0 Å². The van der Waals surface area contributed by atoms with Crippen LogP contribution in [-0.2, 0) is 27.0 Å². The molecule has 152 valence electrons. The van der Waals surface area contributed by atoms with Gasteiger partial charge in [0, 0.05) is 32.0 Å². The maximum absolute atomic E-state index is 12.7. The van der Waals surface area contributed by atoms with E-state index in [4.69, 9.17) is 4.42 Å². The molecular formula is C21H28N2O4S. The molecule has 0 saturated carbocycles. The second kappa shape index (κ2) is 9.39. The van der Waals surface area contributed by atoms with E-state index in [2.05, 4.69) is 5.32 Å². The van der Waals surface area contributed by atoms with Crippen LogP contribution >= 0.6 is 0 Å². The minimum Gasteiger partial charge on any atom is -0.469 e. The molecule has 2 heterocycles. The number of benzene rings is 1. The molecule has 1 N–H and O–H groups in total. The number of hydrogen-bond acceptors (Lipinski definition) is 4. The fourth-order valence-corrected chi connectivity index (χ4v) is 5.20. The highest BCUT2D eigenvalue weighted by molar-refractivity contribution is 7.88. The highest BCUT2D eigenvalue weighted by atomic mass is 32.2. The molecule has 1 aliphatic heterocycles. The van der Waals surface area contributed by atoms with E-state index >= 15 is 0 Å². The molecule has 3 rings (SSSR count). The number of nitrogens with zero attached hydrogens (tertiary/aromatic N) is 1. The first-order chi connectivity index (χ1) is 13.5. The number of carbonyl (C=O) groups excluding carboxylic acids is 1. The van der Waals surface area contributed by atoms with Gasteiger partial charge in [0.2, 0.25) is 15.9 Å². The maximum Gasteiger partial charge on any atom is 0.223 e. The third-order valence-electron chi connectivity index (χ3n) is 5.30. The van der Waals surface area contributed by atoms with E-state index in [9.17, 15) is 13.2 Å². The fourth-order valence-electron chi connectivity index (χ4n) is 3.53. The summed E-state index contributed by atoms with van der Waals surface area (Å²) in [5.41, 5.74) is 1.81. The summed E-state index contributed by atoms with van der Waals surface area (Å²) in [5.74, 6) is 0.842. The predicted octanol–water partition coefficient (Wildman–Crippen LogP) is 2.88. The Morgan fingerprint density at radius 1 is 1.18 bits per heavy atom. The lowest BCUT2D eigenvalue weighted by Crippen LogP contribution is -2.43. The van der Waals surface area contributed by atoms with Crippen LogP contribution in [0.25, 0.3) is 0 Å². The van der Waals surface area contributed by atoms with Crippen LogP contribution in [0, 0.1) is 12.8 Å². The van der Waals surface area contributed by atoms with E-state index < -0.39 is 10.0 Å². The summed E-state index contributed by atoms with van der Waals surface area (Å²) < 4.78 is 32.3. The Bertz CT molecular complexity index is 870. The molecule has 0 bridgehead atoms. The van der Waals surface area contributed by atoms with Gasteiger partial charge in [0.25, 0.3) is 0 Å². The summed E-state index contributed by atoms with van der Waals surface area (Å²) in [6.07, 6.45) is 4.40. The first kappa shape index (κ1) is 20.6. The van der Waals surface area contributed by atoms with E-state index in [1.807, 2.05) is 43.3 Å². The second-order valence-corrected chi connectivity index (χ2v) is 9.30. The van der Waals surface area contributed by atoms with Gasteiger partial charge in [-0.05, 0) is 49.4 Å². The summed E-state index contributed by atoms with van der Waals surface area (Å²) in [6, 6.07) is 11.3. The third kappa shape index (κ3) is 5.45. The molecule has 0 atom stereocenters. The van der Waals surface area contributed by atoms with E-state index in [1.165, 1.54) is 4.31 Å². The Morgan fingerprint density at radius 3 is 2.61 bits per heavy atom. The molecule has 1 aliphatic rings. The second-order valence-electron chi connectivity index (χ2n) is 7.33. The highest BCUT2D eigenvalue weighted by Crippen LogP contribution is 2.22. The lowest BCUT2D eigenvalue weighted by atomic mass is 9.97. The molecule has 7 heteroatoms. The van der Waals surface area contributed by atoms with Gasteiger partial charge in [-0.15, -0.1) is 0 Å². The number of furan rings is 1. The number of carbonyl (C=O) groups is 1. The van der Waals surface area contributed by atoms with E-state index in [-0.39, 0.29) is 17.6 Å². The van der Waals surface area contributed by atoms with Crippen LogP contribution in [0.3, 0.4) is 0 Å². The van der Waals surface area contributed by atoms with Crippen molar-refractivity contribution in [3.05, 3.63) is 59.5 Å². The monoisotopic (exact) mass is 404 g/mol. The van der Waals surface area contributed by atoms with Crippen LogP contribution in [0.4, 0.5) is 0 Å². The molecule has 0 spiro atoms. The average Bonchev–Trinajstić information content (AvgIpc) is 3.20. The Hall–Kier alpha value is -2.12. The summed E-state index contributed by atoms with van der Waals surface area (Å²) in [4.78, 5) is 12.3. The zero-order valence-corrected chi connectivity index (χ0v) is 17.1. The molecule has 2 aromatic rings. The molecule has 1 amide bonds. The number of piperidine rings is 1. The minimum absolute atomic E-state index is 0.0172. The Labute approximate surface area is 167 Å². The van der Waals surface area contributed by atoms with Crippen molar-refractivity contribution in [1.29, 1.82) is 0 Å². The number of amides is 1. The van der Waals surface area contributed by atoms with Crippen molar-refractivity contribution >= 4 is 15.9 Å². The normalized spacial score (nSPS) is 16.2. The van der Waals surface area contributed by atoms with Crippen molar-refractivity contribution in [1.82, 2.24) is 9.62 Å². The van der Waals surface area contributed by atoms with Gasteiger partial charge in [-0.2, -0.15) is 0 Å². The van der Waals surface area contributed by atoms with Gasteiger partial charge in [-0.25, -0.2) is 12.7 Å². The number of aryl methyl sites for hydroxylation is 2.